The molecule has 1 unspecified atom stereocenters. The maximum Gasteiger partial charge on any atom is 0.227 e. The third-order valence-electron chi connectivity index (χ3n) is 5.10. The zero-order valence-corrected chi connectivity index (χ0v) is 11.5. The van der Waals surface area contributed by atoms with Crippen molar-refractivity contribution < 1.29 is 4.79 Å². The Kier molecular flexibility index (Phi) is 3.35. The first-order chi connectivity index (χ1) is 8.69. The minimum absolute atomic E-state index is 0.171. The average molecular weight is 250 g/mol. The Labute approximate surface area is 110 Å². The van der Waals surface area contributed by atoms with Gasteiger partial charge in [-0.1, -0.05) is 0 Å². The van der Waals surface area contributed by atoms with Gasteiger partial charge in [0.1, 0.15) is 0 Å². The molecular formula is C15H26N2O. The van der Waals surface area contributed by atoms with Crippen molar-refractivity contribution in [2.75, 3.05) is 19.6 Å². The Hall–Kier alpha value is -0.570. The van der Waals surface area contributed by atoms with Gasteiger partial charge in [0, 0.05) is 13.1 Å². The standard InChI is InChI=1S/C15H26N2O/c1-15(7-2-8-16-10-15)14(18)17-9-13(11-3-4-11)12-5-6-12/h11-13,16H,2-10H2,1H3,(H,17,18). The maximum atomic E-state index is 12.4. The molecule has 2 saturated carbocycles. The molecule has 2 aliphatic carbocycles. The molecular weight excluding hydrogens is 224 g/mol. The molecule has 0 aromatic rings. The van der Waals surface area contributed by atoms with Gasteiger partial charge >= 0.3 is 0 Å². The van der Waals surface area contributed by atoms with Crippen LogP contribution in [0.4, 0.5) is 0 Å². The van der Waals surface area contributed by atoms with Crippen LogP contribution in [-0.4, -0.2) is 25.5 Å². The Balaban J connectivity index is 1.50. The summed E-state index contributed by atoms with van der Waals surface area (Å²) in [5.41, 5.74) is -0.171. The monoisotopic (exact) mass is 250 g/mol. The van der Waals surface area contributed by atoms with Crippen LogP contribution in [0.5, 0.6) is 0 Å². The average Bonchev–Trinajstić information content (AvgIpc) is 3.24. The number of nitrogens with one attached hydrogen (secondary N) is 2. The van der Waals surface area contributed by atoms with Crippen LogP contribution in [0.3, 0.4) is 0 Å². The Bertz CT molecular complexity index is 302. The molecule has 18 heavy (non-hydrogen) atoms. The number of piperidine rings is 1. The first kappa shape index (κ1) is 12.5. The molecule has 3 fully saturated rings. The molecule has 3 nitrogen and oxygen atoms in total. The molecule has 1 atom stereocenters. The molecule has 0 aromatic carbocycles. The van der Waals surface area contributed by atoms with Crippen LogP contribution in [0.15, 0.2) is 0 Å². The highest BCUT2D eigenvalue weighted by Crippen LogP contribution is 2.48. The predicted molar refractivity (Wildman–Crippen MR) is 72.2 cm³/mol. The van der Waals surface area contributed by atoms with E-state index < -0.39 is 0 Å². The lowest BCUT2D eigenvalue weighted by molar-refractivity contribution is -0.131. The van der Waals surface area contributed by atoms with E-state index >= 15 is 0 Å². The van der Waals surface area contributed by atoms with Crippen molar-refractivity contribution in [1.29, 1.82) is 0 Å². The summed E-state index contributed by atoms with van der Waals surface area (Å²) in [5.74, 6) is 2.92. The van der Waals surface area contributed by atoms with Crippen LogP contribution in [0, 0.1) is 23.2 Å². The van der Waals surface area contributed by atoms with Gasteiger partial charge in [0.25, 0.3) is 0 Å². The van der Waals surface area contributed by atoms with Crippen LogP contribution >= 0.6 is 0 Å². The topological polar surface area (TPSA) is 41.1 Å². The third-order valence-corrected chi connectivity index (χ3v) is 5.10. The smallest absolute Gasteiger partial charge is 0.227 e. The van der Waals surface area contributed by atoms with E-state index in [4.69, 9.17) is 0 Å². The van der Waals surface area contributed by atoms with E-state index in [1.54, 1.807) is 0 Å². The summed E-state index contributed by atoms with van der Waals surface area (Å²) in [5, 5.41) is 6.61. The molecule has 0 spiro atoms. The van der Waals surface area contributed by atoms with E-state index in [0.29, 0.717) is 0 Å². The highest BCUT2D eigenvalue weighted by molar-refractivity contribution is 5.82. The molecule has 0 radical (unpaired) electrons. The SMILES string of the molecule is CC1(C(=O)NCC(C2CC2)C2CC2)CCCNC1. The van der Waals surface area contributed by atoms with Crippen molar-refractivity contribution in [3.05, 3.63) is 0 Å². The molecule has 1 aliphatic heterocycles. The lowest BCUT2D eigenvalue weighted by atomic mass is 9.81. The molecule has 1 heterocycles. The highest BCUT2D eigenvalue weighted by atomic mass is 16.2. The minimum atomic E-state index is -0.171. The lowest BCUT2D eigenvalue weighted by Gasteiger charge is -2.33. The van der Waals surface area contributed by atoms with Gasteiger partial charge in [0.15, 0.2) is 0 Å². The molecule has 2 N–H and O–H groups in total. The normalized spacial score (nSPS) is 32.6. The fourth-order valence-electron chi connectivity index (χ4n) is 3.44. The Morgan fingerprint density at radius 3 is 2.50 bits per heavy atom. The highest BCUT2D eigenvalue weighted by Gasteiger charge is 2.42. The largest absolute Gasteiger partial charge is 0.355 e. The van der Waals surface area contributed by atoms with Crippen molar-refractivity contribution >= 4 is 5.91 Å². The zero-order valence-electron chi connectivity index (χ0n) is 11.5. The van der Waals surface area contributed by atoms with Crippen LogP contribution in [0.25, 0.3) is 0 Å². The van der Waals surface area contributed by atoms with E-state index in [0.717, 1.165) is 50.2 Å². The second-order valence-corrected chi connectivity index (χ2v) is 6.89. The molecule has 3 heteroatoms. The van der Waals surface area contributed by atoms with Gasteiger partial charge in [0.05, 0.1) is 5.41 Å². The minimum Gasteiger partial charge on any atom is -0.355 e. The second kappa shape index (κ2) is 4.84. The van der Waals surface area contributed by atoms with E-state index in [9.17, 15) is 4.79 Å². The van der Waals surface area contributed by atoms with Crippen LogP contribution in [0.1, 0.15) is 45.4 Å². The molecule has 3 aliphatic rings. The predicted octanol–water partition coefficient (Wildman–Crippen LogP) is 1.93. The second-order valence-electron chi connectivity index (χ2n) is 6.89. The van der Waals surface area contributed by atoms with E-state index in [1.165, 1.54) is 25.7 Å². The quantitative estimate of drug-likeness (QED) is 0.783. The number of hydrogen-bond donors (Lipinski definition) is 2. The molecule has 1 saturated heterocycles. The summed E-state index contributed by atoms with van der Waals surface area (Å²) < 4.78 is 0. The van der Waals surface area contributed by atoms with E-state index in [2.05, 4.69) is 17.6 Å². The van der Waals surface area contributed by atoms with Gasteiger partial charge in [0.2, 0.25) is 5.91 Å². The fraction of sp³-hybridized carbons (Fsp3) is 0.933. The number of carbonyl (C=O) groups is 1. The summed E-state index contributed by atoms with van der Waals surface area (Å²) in [6, 6.07) is 0. The Morgan fingerprint density at radius 2 is 2.00 bits per heavy atom. The van der Waals surface area contributed by atoms with E-state index in [-0.39, 0.29) is 11.3 Å². The molecule has 0 bridgehead atoms. The van der Waals surface area contributed by atoms with Crippen molar-refractivity contribution in [1.82, 2.24) is 10.6 Å². The van der Waals surface area contributed by atoms with Crippen molar-refractivity contribution in [3.8, 4) is 0 Å². The van der Waals surface area contributed by atoms with Gasteiger partial charge in [-0.25, -0.2) is 0 Å². The molecule has 3 rings (SSSR count). The number of amides is 1. The maximum absolute atomic E-state index is 12.4. The summed E-state index contributed by atoms with van der Waals surface area (Å²) >= 11 is 0. The molecule has 1 amide bonds. The fourth-order valence-corrected chi connectivity index (χ4v) is 3.44. The first-order valence-corrected chi connectivity index (χ1v) is 7.68. The Morgan fingerprint density at radius 1 is 1.33 bits per heavy atom. The van der Waals surface area contributed by atoms with Crippen molar-refractivity contribution in [3.63, 3.8) is 0 Å². The van der Waals surface area contributed by atoms with Gasteiger partial charge in [-0.2, -0.15) is 0 Å². The van der Waals surface area contributed by atoms with Gasteiger partial charge in [-0.15, -0.1) is 0 Å². The van der Waals surface area contributed by atoms with Gasteiger partial charge in [-0.05, 0) is 69.7 Å². The zero-order chi connectivity index (χ0) is 12.6. The molecule has 102 valence electrons. The van der Waals surface area contributed by atoms with Gasteiger partial charge < -0.3 is 10.6 Å². The number of carbonyl (C=O) groups excluding carboxylic acids is 1. The lowest BCUT2D eigenvalue weighted by Crippen LogP contribution is -2.49. The van der Waals surface area contributed by atoms with E-state index in [1.807, 2.05) is 0 Å². The third kappa shape index (κ3) is 2.71. The van der Waals surface area contributed by atoms with Crippen molar-refractivity contribution in [2.24, 2.45) is 23.2 Å². The number of rotatable bonds is 5. The van der Waals surface area contributed by atoms with Crippen LogP contribution in [-0.2, 0) is 4.79 Å². The van der Waals surface area contributed by atoms with Crippen LogP contribution in [0.2, 0.25) is 0 Å². The summed E-state index contributed by atoms with van der Waals surface area (Å²) in [6.45, 7) is 4.95. The summed E-state index contributed by atoms with van der Waals surface area (Å²) in [6.07, 6.45) is 7.75. The number of hydrogen-bond acceptors (Lipinski definition) is 2. The van der Waals surface area contributed by atoms with Crippen molar-refractivity contribution in [2.45, 2.75) is 45.4 Å². The van der Waals surface area contributed by atoms with Gasteiger partial charge in [-0.3, -0.25) is 4.79 Å². The first-order valence-electron chi connectivity index (χ1n) is 7.68. The summed E-state index contributed by atoms with van der Waals surface area (Å²) in [4.78, 5) is 12.4. The molecule has 0 aromatic heterocycles. The van der Waals surface area contributed by atoms with Crippen LogP contribution < -0.4 is 10.6 Å². The summed E-state index contributed by atoms with van der Waals surface area (Å²) in [7, 11) is 0.